The van der Waals surface area contributed by atoms with E-state index in [0.717, 1.165) is 16.8 Å². The van der Waals surface area contributed by atoms with Crippen molar-refractivity contribution >= 4 is 17.4 Å². The maximum Gasteiger partial charge on any atom is 0.270 e. The Balaban J connectivity index is 1.98. The summed E-state index contributed by atoms with van der Waals surface area (Å²) in [7, 11) is 0. The first-order valence-electron chi connectivity index (χ1n) is 7.22. The minimum atomic E-state index is -0.533. The van der Waals surface area contributed by atoms with E-state index in [4.69, 9.17) is 0 Å². The Morgan fingerprint density at radius 2 is 2.00 bits per heavy atom. The number of hydrogen-bond donors (Lipinski definition) is 0. The number of non-ortho nitro benzene ring substituents is 1. The molecule has 0 N–H and O–H groups in total. The molecular weight excluding hydrogens is 340 g/mol. The molecule has 3 aromatic rings. The van der Waals surface area contributed by atoms with Crippen molar-refractivity contribution in [1.29, 1.82) is 5.26 Å². The molecule has 9 heteroatoms. The van der Waals surface area contributed by atoms with Gasteiger partial charge in [0.15, 0.2) is 0 Å². The molecule has 0 amide bonds. The van der Waals surface area contributed by atoms with E-state index in [-0.39, 0.29) is 11.3 Å². The highest BCUT2D eigenvalue weighted by atomic mass is 32.2. The van der Waals surface area contributed by atoms with Crippen molar-refractivity contribution < 1.29 is 4.92 Å². The van der Waals surface area contributed by atoms with Crippen LogP contribution in [0.25, 0.3) is 5.69 Å². The zero-order chi connectivity index (χ0) is 18.0. The van der Waals surface area contributed by atoms with Crippen molar-refractivity contribution in [3.05, 3.63) is 63.2 Å². The molecule has 0 aliphatic rings. The predicted molar refractivity (Wildman–Crippen MR) is 90.6 cm³/mol. The highest BCUT2D eigenvalue weighted by molar-refractivity contribution is 7.99. The van der Waals surface area contributed by atoms with Crippen molar-refractivity contribution in [2.75, 3.05) is 0 Å². The van der Waals surface area contributed by atoms with E-state index < -0.39 is 4.92 Å². The van der Waals surface area contributed by atoms with E-state index in [1.807, 2.05) is 38.1 Å². The van der Waals surface area contributed by atoms with Crippen molar-refractivity contribution in [2.24, 2.45) is 0 Å². The van der Waals surface area contributed by atoms with Gasteiger partial charge >= 0.3 is 0 Å². The first-order valence-corrected chi connectivity index (χ1v) is 8.03. The molecule has 0 bridgehead atoms. The highest BCUT2D eigenvalue weighted by Crippen LogP contribution is 2.31. The molecule has 0 fully saturated rings. The van der Waals surface area contributed by atoms with Crippen LogP contribution in [0, 0.1) is 35.3 Å². The van der Waals surface area contributed by atoms with Crippen LogP contribution >= 0.6 is 11.8 Å². The molecular formula is C16H12N6O2S. The van der Waals surface area contributed by atoms with Gasteiger partial charge in [-0.1, -0.05) is 6.07 Å². The Morgan fingerprint density at radius 1 is 1.20 bits per heavy atom. The molecule has 0 aliphatic heterocycles. The minimum Gasteiger partial charge on any atom is -0.258 e. The molecule has 2 aromatic carbocycles. The van der Waals surface area contributed by atoms with Gasteiger partial charge in [0, 0.05) is 17.0 Å². The number of nitrogens with zero attached hydrogens (tertiary/aromatic N) is 6. The molecule has 124 valence electrons. The molecule has 0 atom stereocenters. The van der Waals surface area contributed by atoms with Crippen LogP contribution in [-0.2, 0) is 0 Å². The average molecular weight is 352 g/mol. The van der Waals surface area contributed by atoms with Crippen LogP contribution < -0.4 is 0 Å². The number of tetrazole rings is 1. The van der Waals surface area contributed by atoms with E-state index in [1.165, 1.54) is 30.0 Å². The third kappa shape index (κ3) is 3.34. The van der Waals surface area contributed by atoms with Gasteiger partial charge in [-0.2, -0.15) is 9.94 Å². The summed E-state index contributed by atoms with van der Waals surface area (Å²) < 4.78 is 1.57. The molecule has 0 spiro atoms. The van der Waals surface area contributed by atoms with Crippen LogP contribution in [0.4, 0.5) is 5.69 Å². The number of benzene rings is 2. The first-order chi connectivity index (χ1) is 12.0. The summed E-state index contributed by atoms with van der Waals surface area (Å²) in [5.41, 5.74) is 3.14. The molecule has 3 rings (SSSR count). The second kappa shape index (κ2) is 6.70. The Morgan fingerprint density at radius 3 is 2.68 bits per heavy atom. The van der Waals surface area contributed by atoms with Crippen molar-refractivity contribution in [3.8, 4) is 11.8 Å². The van der Waals surface area contributed by atoms with Crippen molar-refractivity contribution in [3.63, 3.8) is 0 Å². The molecule has 8 nitrogen and oxygen atoms in total. The monoisotopic (exact) mass is 352 g/mol. The van der Waals surface area contributed by atoms with Gasteiger partial charge in [-0.15, -0.1) is 5.10 Å². The first kappa shape index (κ1) is 16.6. The molecule has 25 heavy (non-hydrogen) atoms. The van der Waals surface area contributed by atoms with E-state index in [9.17, 15) is 15.4 Å². The number of hydrogen-bond acceptors (Lipinski definition) is 7. The van der Waals surface area contributed by atoms with E-state index >= 15 is 0 Å². The lowest BCUT2D eigenvalue weighted by molar-refractivity contribution is -0.384. The number of aromatic nitrogens is 4. The fourth-order valence-corrected chi connectivity index (χ4v) is 3.02. The zero-order valence-corrected chi connectivity index (χ0v) is 14.2. The number of aryl methyl sites for hydroxylation is 2. The lowest BCUT2D eigenvalue weighted by Gasteiger charge is -2.07. The topological polar surface area (TPSA) is 111 Å². The molecule has 1 heterocycles. The van der Waals surface area contributed by atoms with Gasteiger partial charge in [-0.05, 0) is 65.4 Å². The van der Waals surface area contributed by atoms with Crippen LogP contribution in [0.2, 0.25) is 0 Å². The Labute approximate surface area is 147 Å². The highest BCUT2D eigenvalue weighted by Gasteiger charge is 2.16. The van der Waals surface area contributed by atoms with E-state index in [0.29, 0.717) is 10.1 Å². The van der Waals surface area contributed by atoms with Gasteiger partial charge < -0.3 is 0 Å². The second-order valence-corrected chi connectivity index (χ2v) is 6.30. The standard InChI is InChI=1S/C16H12N6O2S/c1-10-3-4-13(7-11(10)2)21-16(18-19-20-21)25-15-6-5-14(22(23)24)8-12(15)9-17/h3-8H,1-2H3. The summed E-state index contributed by atoms with van der Waals surface area (Å²) in [5.74, 6) is 0. The summed E-state index contributed by atoms with van der Waals surface area (Å²) in [6, 6.07) is 12.0. The van der Waals surface area contributed by atoms with Gasteiger partial charge in [0.05, 0.1) is 16.2 Å². The lowest BCUT2D eigenvalue weighted by Crippen LogP contribution is -2.00. The second-order valence-electron chi connectivity index (χ2n) is 5.29. The van der Waals surface area contributed by atoms with Crippen molar-refractivity contribution in [1.82, 2.24) is 20.2 Å². The van der Waals surface area contributed by atoms with E-state index in [1.54, 1.807) is 4.68 Å². The molecule has 0 saturated carbocycles. The SMILES string of the molecule is Cc1ccc(-n2nnnc2Sc2ccc([N+](=O)[O-])cc2C#N)cc1C. The Hall–Kier alpha value is -3.25. The fraction of sp³-hybridized carbons (Fsp3) is 0.125. The van der Waals surface area contributed by atoms with Crippen LogP contribution in [0.15, 0.2) is 46.5 Å². The lowest BCUT2D eigenvalue weighted by atomic mass is 10.1. The minimum absolute atomic E-state index is 0.130. The Bertz CT molecular complexity index is 1010. The summed E-state index contributed by atoms with van der Waals surface area (Å²) >= 11 is 1.18. The van der Waals surface area contributed by atoms with Gasteiger partial charge in [0.1, 0.15) is 6.07 Å². The summed E-state index contributed by atoms with van der Waals surface area (Å²) in [6.07, 6.45) is 0. The molecule has 0 radical (unpaired) electrons. The molecule has 0 aliphatic carbocycles. The van der Waals surface area contributed by atoms with Gasteiger partial charge in [-0.25, -0.2) is 0 Å². The molecule has 1 aromatic heterocycles. The Kier molecular flexibility index (Phi) is 4.45. The summed E-state index contributed by atoms with van der Waals surface area (Å²) in [5, 5.41) is 32.3. The third-order valence-electron chi connectivity index (χ3n) is 3.67. The van der Waals surface area contributed by atoms with Crippen LogP contribution in [0.5, 0.6) is 0 Å². The maximum absolute atomic E-state index is 10.8. The number of rotatable bonds is 4. The molecule has 0 unspecified atom stereocenters. The van der Waals surface area contributed by atoms with Gasteiger partial charge in [0.2, 0.25) is 5.16 Å². The van der Waals surface area contributed by atoms with Crippen LogP contribution in [0.1, 0.15) is 16.7 Å². The fourth-order valence-electron chi connectivity index (χ4n) is 2.17. The van der Waals surface area contributed by atoms with Crippen LogP contribution in [0.3, 0.4) is 0 Å². The van der Waals surface area contributed by atoms with Gasteiger partial charge in [-0.3, -0.25) is 10.1 Å². The largest absolute Gasteiger partial charge is 0.270 e. The quantitative estimate of drug-likeness (QED) is 0.523. The predicted octanol–water partition coefficient (Wildman–Crippen LogP) is 3.21. The average Bonchev–Trinajstić information content (AvgIpc) is 3.05. The number of nitro benzene ring substituents is 1. The van der Waals surface area contributed by atoms with Crippen LogP contribution in [-0.4, -0.2) is 25.1 Å². The normalized spacial score (nSPS) is 10.4. The summed E-state index contributed by atoms with van der Waals surface area (Å²) in [4.78, 5) is 10.9. The number of nitro groups is 1. The number of nitriles is 1. The van der Waals surface area contributed by atoms with Crippen molar-refractivity contribution in [2.45, 2.75) is 23.9 Å². The third-order valence-corrected chi connectivity index (χ3v) is 4.68. The van der Waals surface area contributed by atoms with E-state index in [2.05, 4.69) is 15.5 Å². The molecule has 0 saturated heterocycles. The zero-order valence-electron chi connectivity index (χ0n) is 13.4. The maximum atomic E-state index is 10.8. The van der Waals surface area contributed by atoms with Gasteiger partial charge in [0.25, 0.3) is 5.69 Å². The smallest absolute Gasteiger partial charge is 0.258 e. The summed E-state index contributed by atoms with van der Waals surface area (Å²) in [6.45, 7) is 4.02.